The fraction of sp³-hybridized carbons (Fsp3) is 0.167. The SMILES string of the molecule is CCOc1nc(N)nc2ncc(-c3ccsc3)nc12. The molecule has 0 spiro atoms. The topological polar surface area (TPSA) is 86.8 Å². The highest BCUT2D eigenvalue weighted by Crippen LogP contribution is 2.25. The molecule has 0 aliphatic heterocycles. The van der Waals surface area contributed by atoms with Gasteiger partial charge in [-0.15, -0.1) is 0 Å². The third-order valence-corrected chi connectivity index (χ3v) is 3.17. The van der Waals surface area contributed by atoms with Crippen LogP contribution in [-0.4, -0.2) is 26.5 Å². The van der Waals surface area contributed by atoms with Crippen molar-refractivity contribution < 1.29 is 4.74 Å². The lowest BCUT2D eigenvalue weighted by Crippen LogP contribution is -2.03. The van der Waals surface area contributed by atoms with Gasteiger partial charge in [0.15, 0.2) is 11.2 Å². The van der Waals surface area contributed by atoms with Crippen molar-refractivity contribution in [3.05, 3.63) is 23.0 Å². The summed E-state index contributed by atoms with van der Waals surface area (Å²) in [6, 6.07) is 1.99. The number of hydrogen-bond acceptors (Lipinski definition) is 7. The van der Waals surface area contributed by atoms with Crippen LogP contribution in [0.2, 0.25) is 0 Å². The van der Waals surface area contributed by atoms with Crippen molar-refractivity contribution in [2.45, 2.75) is 6.92 Å². The van der Waals surface area contributed by atoms with Gasteiger partial charge in [-0.2, -0.15) is 21.3 Å². The van der Waals surface area contributed by atoms with Gasteiger partial charge in [0, 0.05) is 10.9 Å². The molecule has 0 unspecified atom stereocenters. The third kappa shape index (κ3) is 2.19. The van der Waals surface area contributed by atoms with Crippen molar-refractivity contribution >= 4 is 28.4 Å². The summed E-state index contributed by atoms with van der Waals surface area (Å²) in [6.45, 7) is 2.36. The summed E-state index contributed by atoms with van der Waals surface area (Å²) in [4.78, 5) is 16.9. The monoisotopic (exact) mass is 273 g/mol. The van der Waals surface area contributed by atoms with Crippen LogP contribution in [0, 0.1) is 0 Å². The first-order chi connectivity index (χ1) is 9.28. The van der Waals surface area contributed by atoms with E-state index in [1.54, 1.807) is 17.5 Å². The molecule has 3 aromatic rings. The number of thiophene rings is 1. The molecule has 0 fully saturated rings. The van der Waals surface area contributed by atoms with Crippen LogP contribution in [0.15, 0.2) is 23.0 Å². The highest BCUT2D eigenvalue weighted by Gasteiger charge is 2.12. The number of aromatic nitrogens is 4. The zero-order chi connectivity index (χ0) is 13.2. The van der Waals surface area contributed by atoms with E-state index in [2.05, 4.69) is 19.9 Å². The second-order valence-electron chi connectivity index (χ2n) is 3.76. The van der Waals surface area contributed by atoms with E-state index in [0.717, 1.165) is 11.3 Å². The lowest BCUT2D eigenvalue weighted by molar-refractivity contribution is 0.330. The van der Waals surface area contributed by atoms with Crippen LogP contribution in [0.25, 0.3) is 22.4 Å². The summed E-state index contributed by atoms with van der Waals surface area (Å²) in [5.41, 5.74) is 8.37. The van der Waals surface area contributed by atoms with Gasteiger partial charge in [-0.05, 0) is 18.4 Å². The second-order valence-corrected chi connectivity index (χ2v) is 4.54. The minimum Gasteiger partial charge on any atom is -0.476 e. The molecule has 2 N–H and O–H groups in total. The average Bonchev–Trinajstić information content (AvgIpc) is 2.92. The van der Waals surface area contributed by atoms with Crippen LogP contribution in [-0.2, 0) is 0 Å². The van der Waals surface area contributed by atoms with Crippen LogP contribution >= 0.6 is 11.3 Å². The molecule has 0 bridgehead atoms. The first-order valence-corrected chi connectivity index (χ1v) is 6.68. The Kier molecular flexibility index (Phi) is 2.96. The fourth-order valence-corrected chi connectivity index (χ4v) is 2.33. The van der Waals surface area contributed by atoms with Crippen molar-refractivity contribution in [2.24, 2.45) is 0 Å². The maximum absolute atomic E-state index is 5.62. The van der Waals surface area contributed by atoms with Gasteiger partial charge in [-0.25, -0.2) is 9.97 Å². The maximum Gasteiger partial charge on any atom is 0.247 e. The largest absolute Gasteiger partial charge is 0.476 e. The van der Waals surface area contributed by atoms with Crippen LogP contribution in [0.5, 0.6) is 5.88 Å². The molecular weight excluding hydrogens is 262 g/mol. The first kappa shape index (κ1) is 11.8. The van der Waals surface area contributed by atoms with Gasteiger partial charge in [-0.1, -0.05) is 0 Å². The van der Waals surface area contributed by atoms with E-state index < -0.39 is 0 Å². The predicted molar refractivity (Wildman–Crippen MR) is 74.0 cm³/mol. The normalized spacial score (nSPS) is 10.8. The van der Waals surface area contributed by atoms with Crippen LogP contribution in [0.1, 0.15) is 6.92 Å². The van der Waals surface area contributed by atoms with Gasteiger partial charge < -0.3 is 10.5 Å². The number of nitrogen functional groups attached to an aromatic ring is 1. The predicted octanol–water partition coefficient (Wildman–Crippen LogP) is 2.13. The fourth-order valence-electron chi connectivity index (χ4n) is 1.69. The Morgan fingerprint density at radius 3 is 2.95 bits per heavy atom. The molecule has 0 aromatic carbocycles. The quantitative estimate of drug-likeness (QED) is 0.786. The minimum atomic E-state index is 0.133. The summed E-state index contributed by atoms with van der Waals surface area (Å²) >= 11 is 1.61. The molecular formula is C12H11N5OS. The van der Waals surface area contributed by atoms with E-state index in [1.165, 1.54) is 0 Å². The number of nitrogens with zero attached hydrogens (tertiary/aromatic N) is 4. The van der Waals surface area contributed by atoms with E-state index in [9.17, 15) is 0 Å². The van der Waals surface area contributed by atoms with Crippen molar-refractivity contribution in [1.29, 1.82) is 0 Å². The standard InChI is InChI=1S/C12H11N5OS/c1-2-18-11-9-10(16-12(13)17-11)14-5-8(15-9)7-3-4-19-6-7/h3-6H,2H2,1H3,(H2,13,14,16,17). The zero-order valence-corrected chi connectivity index (χ0v) is 11.0. The Hall–Kier alpha value is -2.28. The van der Waals surface area contributed by atoms with E-state index in [0.29, 0.717) is 23.7 Å². The molecule has 0 radical (unpaired) electrons. The summed E-state index contributed by atoms with van der Waals surface area (Å²) in [7, 11) is 0. The smallest absolute Gasteiger partial charge is 0.247 e. The maximum atomic E-state index is 5.62. The lowest BCUT2D eigenvalue weighted by Gasteiger charge is -2.06. The number of anilines is 1. The highest BCUT2D eigenvalue weighted by molar-refractivity contribution is 7.08. The molecule has 0 amide bonds. The zero-order valence-electron chi connectivity index (χ0n) is 10.2. The molecule has 3 heterocycles. The summed E-state index contributed by atoms with van der Waals surface area (Å²) in [5, 5.41) is 4.00. The Balaban J connectivity index is 2.20. The molecule has 3 aromatic heterocycles. The Morgan fingerprint density at radius 2 is 2.21 bits per heavy atom. The molecule has 0 atom stereocenters. The minimum absolute atomic E-state index is 0.133. The van der Waals surface area contributed by atoms with Crippen molar-refractivity contribution in [2.75, 3.05) is 12.3 Å². The van der Waals surface area contributed by atoms with Gasteiger partial charge in [0.2, 0.25) is 11.8 Å². The average molecular weight is 273 g/mol. The van der Waals surface area contributed by atoms with Crippen molar-refractivity contribution in [3.63, 3.8) is 0 Å². The van der Waals surface area contributed by atoms with Crippen LogP contribution in [0.3, 0.4) is 0 Å². The van der Waals surface area contributed by atoms with Crippen LogP contribution < -0.4 is 10.5 Å². The summed E-state index contributed by atoms with van der Waals surface area (Å²) in [5.74, 6) is 0.503. The molecule has 0 aliphatic carbocycles. The molecule has 0 aliphatic rings. The number of rotatable bonds is 3. The van der Waals surface area contributed by atoms with Gasteiger partial charge in [0.1, 0.15) is 0 Å². The summed E-state index contributed by atoms with van der Waals surface area (Å²) in [6.07, 6.45) is 1.67. The second kappa shape index (κ2) is 4.77. The molecule has 0 saturated carbocycles. The van der Waals surface area contributed by atoms with E-state index in [-0.39, 0.29) is 5.95 Å². The van der Waals surface area contributed by atoms with Gasteiger partial charge in [0.05, 0.1) is 18.5 Å². The molecule has 19 heavy (non-hydrogen) atoms. The van der Waals surface area contributed by atoms with E-state index in [4.69, 9.17) is 10.5 Å². The Morgan fingerprint density at radius 1 is 1.32 bits per heavy atom. The van der Waals surface area contributed by atoms with Gasteiger partial charge >= 0.3 is 0 Å². The molecule has 6 nitrogen and oxygen atoms in total. The van der Waals surface area contributed by atoms with E-state index >= 15 is 0 Å². The molecule has 96 valence electrons. The third-order valence-electron chi connectivity index (χ3n) is 2.49. The van der Waals surface area contributed by atoms with Crippen molar-refractivity contribution in [3.8, 4) is 17.1 Å². The summed E-state index contributed by atoms with van der Waals surface area (Å²) < 4.78 is 5.44. The molecule has 7 heteroatoms. The highest BCUT2D eigenvalue weighted by atomic mass is 32.1. The van der Waals surface area contributed by atoms with Gasteiger partial charge in [0.25, 0.3) is 0 Å². The number of hydrogen-bond donors (Lipinski definition) is 1. The Labute approximate surface area is 113 Å². The van der Waals surface area contributed by atoms with E-state index in [1.807, 2.05) is 23.8 Å². The Bertz CT molecular complexity index is 713. The molecule has 3 rings (SSSR count). The lowest BCUT2D eigenvalue weighted by atomic mass is 10.2. The van der Waals surface area contributed by atoms with Crippen LogP contribution in [0.4, 0.5) is 5.95 Å². The number of ether oxygens (including phenoxy) is 1. The number of nitrogens with two attached hydrogens (primary N) is 1. The number of fused-ring (bicyclic) bond motifs is 1. The van der Waals surface area contributed by atoms with Crippen molar-refractivity contribution in [1.82, 2.24) is 19.9 Å². The van der Waals surface area contributed by atoms with Gasteiger partial charge in [-0.3, -0.25) is 0 Å². The first-order valence-electron chi connectivity index (χ1n) is 5.73. The molecule has 0 saturated heterocycles.